The van der Waals surface area contributed by atoms with Crippen LogP contribution in [0.25, 0.3) is 0 Å². The van der Waals surface area contributed by atoms with Crippen LogP contribution in [0.4, 0.5) is 0 Å². The molecular formula is C15H22N2O4S. The van der Waals surface area contributed by atoms with Crippen molar-refractivity contribution in [3.63, 3.8) is 0 Å². The Balaban J connectivity index is 1.94. The highest BCUT2D eigenvalue weighted by atomic mass is 32.2. The van der Waals surface area contributed by atoms with Gasteiger partial charge in [0.2, 0.25) is 15.9 Å². The molecule has 0 atom stereocenters. The van der Waals surface area contributed by atoms with Crippen LogP contribution in [0.15, 0.2) is 23.1 Å². The summed E-state index contributed by atoms with van der Waals surface area (Å²) in [5.41, 5.74) is 4.58. The van der Waals surface area contributed by atoms with Gasteiger partial charge in [-0.15, -0.1) is 0 Å². The molecule has 0 aromatic heterocycles. The Morgan fingerprint density at radius 3 is 2.68 bits per heavy atom. The van der Waals surface area contributed by atoms with Crippen LogP contribution < -0.4 is 10.2 Å². The average molecular weight is 326 g/mol. The predicted molar refractivity (Wildman–Crippen MR) is 82.7 cm³/mol. The molecule has 2 rings (SSSR count). The first-order valence-electron chi connectivity index (χ1n) is 7.55. The van der Waals surface area contributed by atoms with Crippen molar-refractivity contribution >= 4 is 15.9 Å². The highest BCUT2D eigenvalue weighted by Crippen LogP contribution is 2.23. The Morgan fingerprint density at radius 1 is 1.23 bits per heavy atom. The fourth-order valence-corrected chi connectivity index (χ4v) is 3.54. The third-order valence-corrected chi connectivity index (χ3v) is 5.06. The second-order valence-corrected chi connectivity index (χ2v) is 7.01. The molecule has 1 aliphatic carbocycles. The van der Waals surface area contributed by atoms with Crippen molar-refractivity contribution in [1.29, 1.82) is 0 Å². The number of sulfonamides is 1. The minimum absolute atomic E-state index is 0.0319. The highest BCUT2D eigenvalue weighted by Gasteiger charge is 2.17. The van der Waals surface area contributed by atoms with E-state index >= 15 is 0 Å². The minimum Gasteiger partial charge on any atom is -0.274 e. The summed E-state index contributed by atoms with van der Waals surface area (Å²) in [4.78, 5) is 16.4. The zero-order valence-electron chi connectivity index (χ0n) is 12.7. The SMILES string of the molecule is CCONC(=O)CCNS(=O)(=O)c1ccc2c(c1)CCCC2. The van der Waals surface area contributed by atoms with E-state index in [1.807, 2.05) is 6.07 Å². The average Bonchev–Trinajstić information content (AvgIpc) is 2.52. The number of nitrogens with one attached hydrogen (secondary N) is 2. The zero-order chi connectivity index (χ0) is 16.0. The van der Waals surface area contributed by atoms with Crippen LogP contribution in [-0.2, 0) is 32.5 Å². The largest absolute Gasteiger partial charge is 0.274 e. The van der Waals surface area contributed by atoms with Crippen molar-refractivity contribution in [2.24, 2.45) is 0 Å². The van der Waals surface area contributed by atoms with Crippen LogP contribution in [0.1, 0.15) is 37.3 Å². The van der Waals surface area contributed by atoms with E-state index in [9.17, 15) is 13.2 Å². The van der Waals surface area contributed by atoms with Crippen LogP contribution >= 0.6 is 0 Å². The molecule has 6 nitrogen and oxygen atoms in total. The van der Waals surface area contributed by atoms with Crippen molar-refractivity contribution in [3.8, 4) is 0 Å². The Bertz CT molecular complexity index is 628. The number of aryl methyl sites for hydroxylation is 2. The number of fused-ring (bicyclic) bond motifs is 1. The fourth-order valence-electron chi connectivity index (χ4n) is 2.46. The van der Waals surface area contributed by atoms with Gasteiger partial charge >= 0.3 is 0 Å². The number of rotatable bonds is 7. The third kappa shape index (κ3) is 4.53. The number of hydrogen-bond acceptors (Lipinski definition) is 4. The van der Waals surface area contributed by atoms with E-state index in [1.54, 1.807) is 19.1 Å². The maximum absolute atomic E-state index is 12.2. The molecule has 0 bridgehead atoms. The zero-order valence-corrected chi connectivity index (χ0v) is 13.5. The van der Waals surface area contributed by atoms with Gasteiger partial charge in [0.1, 0.15) is 0 Å². The van der Waals surface area contributed by atoms with Gasteiger partial charge in [-0.1, -0.05) is 6.07 Å². The van der Waals surface area contributed by atoms with Crippen molar-refractivity contribution in [1.82, 2.24) is 10.2 Å². The summed E-state index contributed by atoms with van der Waals surface area (Å²) >= 11 is 0. The van der Waals surface area contributed by atoms with Crippen LogP contribution in [0.2, 0.25) is 0 Å². The summed E-state index contributed by atoms with van der Waals surface area (Å²) in [6.45, 7) is 2.16. The first-order valence-corrected chi connectivity index (χ1v) is 9.03. The van der Waals surface area contributed by atoms with Crippen LogP contribution in [-0.4, -0.2) is 27.5 Å². The number of carbonyl (C=O) groups excluding carboxylic acids is 1. The second-order valence-electron chi connectivity index (χ2n) is 5.24. The van der Waals surface area contributed by atoms with Gasteiger partial charge in [-0.25, -0.2) is 18.6 Å². The molecule has 1 aliphatic rings. The molecule has 1 aromatic carbocycles. The van der Waals surface area contributed by atoms with Crippen molar-refractivity contribution in [2.45, 2.75) is 43.9 Å². The molecule has 0 radical (unpaired) electrons. The third-order valence-electron chi connectivity index (χ3n) is 3.60. The molecule has 0 fully saturated rings. The number of carbonyl (C=O) groups is 1. The number of benzene rings is 1. The molecule has 0 aliphatic heterocycles. The number of amides is 1. The van der Waals surface area contributed by atoms with Gasteiger partial charge in [-0.2, -0.15) is 0 Å². The quantitative estimate of drug-likeness (QED) is 0.740. The van der Waals surface area contributed by atoms with Crippen molar-refractivity contribution in [3.05, 3.63) is 29.3 Å². The lowest BCUT2D eigenvalue weighted by molar-refractivity contribution is -0.132. The summed E-state index contributed by atoms with van der Waals surface area (Å²) in [6.07, 6.45) is 4.23. The van der Waals surface area contributed by atoms with Gasteiger partial charge in [0.05, 0.1) is 11.5 Å². The lowest BCUT2D eigenvalue weighted by Gasteiger charge is -2.16. The molecular weight excluding hydrogens is 304 g/mol. The van der Waals surface area contributed by atoms with Crippen LogP contribution in [0, 0.1) is 0 Å². The summed E-state index contributed by atoms with van der Waals surface area (Å²) in [5.74, 6) is -0.352. The van der Waals surface area contributed by atoms with E-state index < -0.39 is 10.0 Å². The molecule has 0 unspecified atom stereocenters. The number of hydrogen-bond donors (Lipinski definition) is 2. The van der Waals surface area contributed by atoms with Crippen LogP contribution in [0.5, 0.6) is 0 Å². The molecule has 0 saturated carbocycles. The van der Waals surface area contributed by atoms with Gasteiger partial charge in [0, 0.05) is 13.0 Å². The molecule has 0 heterocycles. The van der Waals surface area contributed by atoms with Crippen molar-refractivity contribution < 1.29 is 18.0 Å². The lowest BCUT2D eigenvalue weighted by atomic mass is 9.92. The summed E-state index contributed by atoms with van der Waals surface area (Å²) < 4.78 is 26.9. The molecule has 0 saturated heterocycles. The second kappa shape index (κ2) is 7.71. The maximum Gasteiger partial charge on any atom is 0.244 e. The molecule has 7 heteroatoms. The highest BCUT2D eigenvalue weighted by molar-refractivity contribution is 7.89. The predicted octanol–water partition coefficient (Wildman–Crippen LogP) is 1.30. The molecule has 1 amide bonds. The van der Waals surface area contributed by atoms with E-state index in [-0.39, 0.29) is 23.8 Å². The Labute approximate surface area is 131 Å². The fraction of sp³-hybridized carbons (Fsp3) is 0.533. The van der Waals surface area contributed by atoms with E-state index in [1.165, 1.54) is 5.56 Å². The van der Waals surface area contributed by atoms with Gasteiger partial charge < -0.3 is 0 Å². The molecule has 1 aromatic rings. The first-order chi connectivity index (χ1) is 10.5. The Hall–Kier alpha value is -1.44. The lowest BCUT2D eigenvalue weighted by Crippen LogP contribution is -2.31. The van der Waals surface area contributed by atoms with E-state index in [4.69, 9.17) is 4.84 Å². The minimum atomic E-state index is -3.58. The monoisotopic (exact) mass is 326 g/mol. The molecule has 2 N–H and O–H groups in total. The normalized spacial score (nSPS) is 14.4. The van der Waals surface area contributed by atoms with Crippen LogP contribution in [0.3, 0.4) is 0 Å². The molecule has 22 heavy (non-hydrogen) atoms. The van der Waals surface area contributed by atoms with Gasteiger partial charge in [-0.05, 0) is 55.9 Å². The van der Waals surface area contributed by atoms with E-state index in [0.717, 1.165) is 31.2 Å². The summed E-state index contributed by atoms with van der Waals surface area (Å²) in [7, 11) is -3.58. The summed E-state index contributed by atoms with van der Waals surface area (Å²) in [6, 6.07) is 5.27. The number of hydroxylamine groups is 1. The Kier molecular flexibility index (Phi) is 5.93. The van der Waals surface area contributed by atoms with Gasteiger partial charge in [-0.3, -0.25) is 9.63 Å². The van der Waals surface area contributed by atoms with Gasteiger partial charge in [0.15, 0.2) is 0 Å². The molecule has 122 valence electrons. The Morgan fingerprint density at radius 2 is 1.95 bits per heavy atom. The maximum atomic E-state index is 12.2. The van der Waals surface area contributed by atoms with E-state index in [0.29, 0.717) is 6.61 Å². The van der Waals surface area contributed by atoms with Crippen molar-refractivity contribution in [2.75, 3.05) is 13.2 Å². The smallest absolute Gasteiger partial charge is 0.244 e. The topological polar surface area (TPSA) is 84.5 Å². The van der Waals surface area contributed by atoms with E-state index in [2.05, 4.69) is 10.2 Å². The molecule has 0 spiro atoms. The summed E-state index contributed by atoms with van der Waals surface area (Å²) in [5, 5.41) is 0. The van der Waals surface area contributed by atoms with Gasteiger partial charge in [0.25, 0.3) is 0 Å². The standard InChI is InChI=1S/C15H22N2O4S/c1-2-21-17-15(18)9-10-16-22(19,20)14-8-7-12-5-3-4-6-13(12)11-14/h7-8,11,16H,2-6,9-10H2,1H3,(H,17,18). The first kappa shape index (κ1) is 16.9.